The number of hydrogen-bond donors (Lipinski definition) is 1. The smallest absolute Gasteiger partial charge is 0.354 e. The number of benzene rings is 6. The summed E-state index contributed by atoms with van der Waals surface area (Å²) < 4.78 is 0. The van der Waals surface area contributed by atoms with Gasteiger partial charge < -0.3 is 5.11 Å². The standard InChI is InChI=1S/C52H35N3O2/c56-52(57)51-28-25-39(34-55-51)45-19-9-12-22-48(45)42-30-40(46-20-10-7-17-43(46)37-23-26-49(53-32-37)35-13-3-1-4-14-35)29-41(31-42)47-21-11-8-18-44(47)38-24-27-50(54-33-38)36-15-5-2-6-16-36/h1-34H,(H,56,57). The third kappa shape index (κ3) is 7.25. The molecule has 3 aromatic heterocycles. The first-order valence-corrected chi connectivity index (χ1v) is 18.8. The molecule has 0 bridgehead atoms. The summed E-state index contributed by atoms with van der Waals surface area (Å²) in [5.41, 5.74) is 16.2. The molecule has 9 aromatic rings. The van der Waals surface area contributed by atoms with Crippen LogP contribution in [0, 0.1) is 0 Å². The molecule has 0 unspecified atom stereocenters. The van der Waals surface area contributed by atoms with Gasteiger partial charge in [-0.2, -0.15) is 0 Å². The van der Waals surface area contributed by atoms with Crippen molar-refractivity contribution in [3.8, 4) is 89.3 Å². The highest BCUT2D eigenvalue weighted by atomic mass is 16.4. The third-order valence-corrected chi connectivity index (χ3v) is 10.2. The maximum Gasteiger partial charge on any atom is 0.354 e. The Balaban J connectivity index is 1.20. The molecule has 3 heterocycles. The van der Waals surface area contributed by atoms with Crippen molar-refractivity contribution in [1.82, 2.24) is 15.0 Å². The van der Waals surface area contributed by atoms with E-state index in [4.69, 9.17) is 9.97 Å². The number of carboxylic acid groups (broad SMARTS) is 1. The van der Waals surface area contributed by atoms with Gasteiger partial charge in [-0.05, 0) is 86.5 Å². The van der Waals surface area contributed by atoms with Gasteiger partial charge in [0, 0.05) is 46.4 Å². The summed E-state index contributed by atoms with van der Waals surface area (Å²) in [5.74, 6) is -1.06. The zero-order chi connectivity index (χ0) is 38.6. The molecule has 0 spiro atoms. The second kappa shape index (κ2) is 15.5. The molecule has 57 heavy (non-hydrogen) atoms. The summed E-state index contributed by atoms with van der Waals surface area (Å²) in [6, 6.07) is 64.1. The second-order valence-corrected chi connectivity index (χ2v) is 13.8. The first-order chi connectivity index (χ1) is 28.1. The number of carbonyl (C=O) groups is 1. The summed E-state index contributed by atoms with van der Waals surface area (Å²) in [6.45, 7) is 0. The molecule has 0 saturated heterocycles. The van der Waals surface area contributed by atoms with Crippen molar-refractivity contribution < 1.29 is 9.90 Å². The van der Waals surface area contributed by atoms with Gasteiger partial charge in [-0.1, -0.05) is 152 Å². The van der Waals surface area contributed by atoms with Gasteiger partial charge in [0.2, 0.25) is 0 Å². The van der Waals surface area contributed by atoms with Crippen molar-refractivity contribution >= 4 is 5.97 Å². The van der Waals surface area contributed by atoms with Crippen LogP contribution in [-0.4, -0.2) is 26.0 Å². The van der Waals surface area contributed by atoms with Crippen LogP contribution in [-0.2, 0) is 0 Å². The molecule has 9 rings (SSSR count). The van der Waals surface area contributed by atoms with E-state index in [9.17, 15) is 9.90 Å². The molecule has 0 amide bonds. The minimum atomic E-state index is -1.06. The average molecular weight is 734 g/mol. The molecule has 0 atom stereocenters. The lowest BCUT2D eigenvalue weighted by Crippen LogP contribution is -1.99. The van der Waals surface area contributed by atoms with Gasteiger partial charge in [-0.25, -0.2) is 9.78 Å². The Morgan fingerprint density at radius 2 is 0.632 bits per heavy atom. The Bertz CT molecular complexity index is 2690. The van der Waals surface area contributed by atoms with Crippen molar-refractivity contribution in [1.29, 1.82) is 0 Å². The zero-order valence-electron chi connectivity index (χ0n) is 30.8. The predicted octanol–water partition coefficient (Wildman–Crippen LogP) is 12.9. The fraction of sp³-hybridized carbons (Fsp3) is 0. The van der Waals surface area contributed by atoms with Crippen LogP contribution in [0.25, 0.3) is 89.3 Å². The van der Waals surface area contributed by atoms with Crippen LogP contribution < -0.4 is 0 Å². The van der Waals surface area contributed by atoms with Crippen molar-refractivity contribution in [2.24, 2.45) is 0 Å². The molecule has 0 aliphatic rings. The van der Waals surface area contributed by atoms with Crippen molar-refractivity contribution in [2.75, 3.05) is 0 Å². The van der Waals surface area contributed by atoms with Gasteiger partial charge in [0.25, 0.3) is 0 Å². The monoisotopic (exact) mass is 733 g/mol. The number of pyridine rings is 3. The molecular weight excluding hydrogens is 699 g/mol. The van der Waals surface area contributed by atoms with Gasteiger partial charge in [0.15, 0.2) is 0 Å². The van der Waals surface area contributed by atoms with E-state index in [0.29, 0.717) is 0 Å². The van der Waals surface area contributed by atoms with E-state index in [1.165, 1.54) is 0 Å². The van der Waals surface area contributed by atoms with Gasteiger partial charge in [-0.3, -0.25) is 9.97 Å². The molecule has 1 N–H and O–H groups in total. The molecule has 5 heteroatoms. The van der Waals surface area contributed by atoms with Crippen molar-refractivity contribution in [2.45, 2.75) is 0 Å². The van der Waals surface area contributed by atoms with Crippen molar-refractivity contribution in [3.63, 3.8) is 0 Å². The highest BCUT2D eigenvalue weighted by Crippen LogP contribution is 2.42. The first-order valence-electron chi connectivity index (χ1n) is 18.8. The summed E-state index contributed by atoms with van der Waals surface area (Å²) >= 11 is 0. The van der Waals surface area contributed by atoms with E-state index in [-0.39, 0.29) is 5.69 Å². The molecule has 6 aromatic carbocycles. The highest BCUT2D eigenvalue weighted by Gasteiger charge is 2.17. The topological polar surface area (TPSA) is 76.0 Å². The first kappa shape index (κ1) is 35.0. The average Bonchev–Trinajstić information content (AvgIpc) is 3.29. The zero-order valence-corrected chi connectivity index (χ0v) is 30.8. The van der Waals surface area contributed by atoms with Crippen molar-refractivity contribution in [3.05, 3.63) is 212 Å². The highest BCUT2D eigenvalue weighted by molar-refractivity contribution is 5.94. The van der Waals surface area contributed by atoms with Gasteiger partial charge >= 0.3 is 5.97 Å². The number of hydrogen-bond acceptors (Lipinski definition) is 4. The van der Waals surface area contributed by atoms with Crippen LogP contribution in [0.5, 0.6) is 0 Å². The minimum Gasteiger partial charge on any atom is -0.477 e. The van der Waals surface area contributed by atoms with Gasteiger partial charge in [-0.15, -0.1) is 0 Å². The fourth-order valence-corrected chi connectivity index (χ4v) is 7.40. The number of rotatable bonds is 9. The number of aromatic carboxylic acids is 1. The van der Waals surface area contributed by atoms with E-state index in [1.807, 2.05) is 67.0 Å². The molecule has 0 saturated carbocycles. The maximum absolute atomic E-state index is 11.6. The van der Waals surface area contributed by atoms with Crippen LogP contribution in [0.1, 0.15) is 10.5 Å². The molecule has 0 radical (unpaired) electrons. The van der Waals surface area contributed by atoms with Crippen LogP contribution in [0.2, 0.25) is 0 Å². The Hall–Kier alpha value is -7.76. The Kier molecular flexibility index (Phi) is 9.53. The molecule has 0 fully saturated rings. The fourth-order valence-electron chi connectivity index (χ4n) is 7.40. The summed E-state index contributed by atoms with van der Waals surface area (Å²) in [6.07, 6.45) is 5.54. The number of carboxylic acids is 1. The van der Waals surface area contributed by atoms with Gasteiger partial charge in [0.1, 0.15) is 5.69 Å². The Morgan fingerprint density at radius 3 is 0.930 bits per heavy atom. The van der Waals surface area contributed by atoms with E-state index < -0.39 is 5.97 Å². The van der Waals surface area contributed by atoms with E-state index in [0.717, 1.165) is 89.3 Å². The lowest BCUT2D eigenvalue weighted by molar-refractivity contribution is 0.0690. The quantitative estimate of drug-likeness (QED) is 0.160. The van der Waals surface area contributed by atoms with Crippen LogP contribution in [0.4, 0.5) is 0 Å². The lowest BCUT2D eigenvalue weighted by atomic mass is 9.86. The van der Waals surface area contributed by atoms with Crippen LogP contribution in [0.15, 0.2) is 207 Å². The predicted molar refractivity (Wildman–Crippen MR) is 230 cm³/mol. The SMILES string of the molecule is O=C(O)c1ccc(-c2ccccc2-c2cc(-c3ccccc3-c3ccc(-c4ccccc4)nc3)cc(-c3ccccc3-c3ccc(-c4ccccc4)nc3)c2)cn1. The largest absolute Gasteiger partial charge is 0.477 e. The maximum atomic E-state index is 11.6. The molecular formula is C52H35N3O2. The van der Waals surface area contributed by atoms with Gasteiger partial charge in [0.05, 0.1) is 11.4 Å². The van der Waals surface area contributed by atoms with Crippen LogP contribution in [0.3, 0.4) is 0 Å². The molecule has 5 nitrogen and oxygen atoms in total. The normalized spacial score (nSPS) is 10.9. The van der Waals surface area contributed by atoms with E-state index >= 15 is 0 Å². The van der Waals surface area contributed by atoms with E-state index in [2.05, 4.69) is 132 Å². The Labute approximate surface area is 331 Å². The summed E-state index contributed by atoms with van der Waals surface area (Å²) in [4.78, 5) is 25.6. The Morgan fingerprint density at radius 1 is 0.316 bits per heavy atom. The minimum absolute atomic E-state index is 0.00584. The molecule has 0 aliphatic carbocycles. The second-order valence-electron chi connectivity index (χ2n) is 13.8. The molecule has 0 aliphatic heterocycles. The number of aromatic nitrogens is 3. The third-order valence-electron chi connectivity index (χ3n) is 10.2. The summed E-state index contributed by atoms with van der Waals surface area (Å²) in [5, 5.41) is 9.53. The summed E-state index contributed by atoms with van der Waals surface area (Å²) in [7, 11) is 0. The lowest BCUT2D eigenvalue weighted by Gasteiger charge is -2.18. The molecule has 270 valence electrons. The van der Waals surface area contributed by atoms with Crippen LogP contribution >= 0.6 is 0 Å². The van der Waals surface area contributed by atoms with E-state index in [1.54, 1.807) is 12.3 Å². The number of nitrogens with zero attached hydrogens (tertiary/aromatic N) is 3.